The third-order valence-corrected chi connectivity index (χ3v) is 3.25. The molecule has 0 unspecified atom stereocenters. The Morgan fingerprint density at radius 3 is 2.68 bits per heavy atom. The zero-order valence-electron chi connectivity index (χ0n) is 11.9. The fourth-order valence-electron chi connectivity index (χ4n) is 1.97. The Morgan fingerprint density at radius 1 is 1.11 bits per heavy atom. The summed E-state index contributed by atoms with van der Waals surface area (Å²) in [5.74, 6) is 0.888. The van der Waals surface area contributed by atoms with Crippen LogP contribution in [0.5, 0.6) is 0 Å². The molecular formula is C16H21N3. The van der Waals surface area contributed by atoms with Crippen LogP contribution in [0, 0.1) is 13.8 Å². The number of aryl methyl sites for hydroxylation is 2. The summed E-state index contributed by atoms with van der Waals surface area (Å²) >= 11 is 0. The van der Waals surface area contributed by atoms with Crippen LogP contribution in [0.4, 0.5) is 0 Å². The van der Waals surface area contributed by atoms with Crippen LogP contribution in [-0.2, 0) is 13.0 Å². The van der Waals surface area contributed by atoms with Crippen molar-refractivity contribution in [2.45, 2.75) is 33.7 Å². The lowest BCUT2D eigenvalue weighted by Crippen LogP contribution is -2.13. The summed E-state index contributed by atoms with van der Waals surface area (Å²) in [6.07, 6.45) is 2.64. The second-order valence-corrected chi connectivity index (χ2v) is 4.84. The number of rotatable bonds is 5. The number of aromatic nitrogens is 2. The average Bonchev–Trinajstić information content (AvgIpc) is 2.41. The average molecular weight is 255 g/mol. The molecule has 0 atom stereocenters. The predicted molar refractivity (Wildman–Crippen MR) is 78.1 cm³/mol. The van der Waals surface area contributed by atoms with Gasteiger partial charge in [-0.1, -0.05) is 25.1 Å². The van der Waals surface area contributed by atoms with Crippen molar-refractivity contribution < 1.29 is 0 Å². The maximum absolute atomic E-state index is 4.58. The van der Waals surface area contributed by atoms with Gasteiger partial charge in [0.1, 0.15) is 5.82 Å². The van der Waals surface area contributed by atoms with Gasteiger partial charge in [0, 0.05) is 19.2 Å². The molecule has 0 amide bonds. The molecule has 0 aliphatic carbocycles. The molecule has 0 fully saturated rings. The number of nitrogens with zero attached hydrogens (tertiary/aromatic N) is 2. The van der Waals surface area contributed by atoms with E-state index in [0.717, 1.165) is 31.0 Å². The Kier molecular flexibility index (Phi) is 4.63. The molecule has 1 aromatic heterocycles. The monoisotopic (exact) mass is 255 g/mol. The third-order valence-electron chi connectivity index (χ3n) is 3.25. The van der Waals surface area contributed by atoms with Crippen molar-refractivity contribution in [2.75, 3.05) is 6.54 Å². The Morgan fingerprint density at radius 2 is 1.95 bits per heavy atom. The molecule has 1 aromatic carbocycles. The molecule has 0 radical (unpaired) electrons. The summed E-state index contributed by atoms with van der Waals surface area (Å²) in [6.45, 7) is 8.13. The Hall–Kier alpha value is -1.74. The van der Waals surface area contributed by atoms with E-state index in [4.69, 9.17) is 0 Å². The van der Waals surface area contributed by atoms with Crippen molar-refractivity contribution in [2.24, 2.45) is 0 Å². The SMILES string of the molecule is CCNCc1ccnc(Cc2ccc(C)c(C)c2)n1. The Balaban J connectivity index is 2.11. The zero-order chi connectivity index (χ0) is 13.7. The fourth-order valence-corrected chi connectivity index (χ4v) is 1.97. The molecule has 2 rings (SSSR count). The maximum atomic E-state index is 4.58. The van der Waals surface area contributed by atoms with Crippen LogP contribution in [0.1, 0.15) is 35.1 Å². The molecule has 0 spiro atoms. The van der Waals surface area contributed by atoms with Crippen molar-refractivity contribution in [1.29, 1.82) is 0 Å². The highest BCUT2D eigenvalue weighted by Crippen LogP contribution is 2.12. The lowest BCUT2D eigenvalue weighted by Gasteiger charge is -2.06. The highest BCUT2D eigenvalue weighted by Gasteiger charge is 2.02. The Bertz CT molecular complexity index is 549. The largest absolute Gasteiger partial charge is 0.311 e. The topological polar surface area (TPSA) is 37.8 Å². The minimum absolute atomic E-state index is 0.793. The van der Waals surface area contributed by atoms with Crippen molar-refractivity contribution in [3.05, 3.63) is 58.7 Å². The highest BCUT2D eigenvalue weighted by molar-refractivity contribution is 5.31. The smallest absolute Gasteiger partial charge is 0.132 e. The van der Waals surface area contributed by atoms with Crippen LogP contribution in [0.15, 0.2) is 30.5 Å². The Labute approximate surface area is 115 Å². The van der Waals surface area contributed by atoms with Crippen LogP contribution in [-0.4, -0.2) is 16.5 Å². The number of hydrogen-bond acceptors (Lipinski definition) is 3. The van der Waals surface area contributed by atoms with Crippen LogP contribution in [0.2, 0.25) is 0 Å². The van der Waals surface area contributed by atoms with Gasteiger partial charge in [0.15, 0.2) is 0 Å². The summed E-state index contributed by atoms with van der Waals surface area (Å²) in [4.78, 5) is 8.94. The fraction of sp³-hybridized carbons (Fsp3) is 0.375. The third kappa shape index (κ3) is 3.86. The standard InChI is InChI=1S/C16H21N3/c1-4-17-11-15-7-8-18-16(19-15)10-14-6-5-12(2)13(3)9-14/h5-9,17H,4,10-11H2,1-3H3. The molecule has 0 saturated carbocycles. The summed E-state index contributed by atoms with van der Waals surface area (Å²) in [5, 5.41) is 3.28. The van der Waals surface area contributed by atoms with E-state index in [2.05, 4.69) is 54.3 Å². The van der Waals surface area contributed by atoms with Crippen molar-refractivity contribution in [3.8, 4) is 0 Å². The molecule has 0 aliphatic rings. The van der Waals surface area contributed by atoms with Gasteiger partial charge in [-0.25, -0.2) is 9.97 Å². The molecular weight excluding hydrogens is 234 g/mol. The second kappa shape index (κ2) is 6.43. The summed E-state index contributed by atoms with van der Waals surface area (Å²) in [5.41, 5.74) is 4.96. The van der Waals surface area contributed by atoms with Crippen molar-refractivity contribution in [3.63, 3.8) is 0 Å². The number of nitrogens with one attached hydrogen (secondary N) is 1. The summed E-state index contributed by atoms with van der Waals surface area (Å²) in [6, 6.07) is 8.50. The van der Waals surface area contributed by atoms with E-state index in [1.165, 1.54) is 16.7 Å². The molecule has 0 saturated heterocycles. The van der Waals surface area contributed by atoms with Gasteiger partial charge in [0.05, 0.1) is 5.69 Å². The summed E-state index contributed by atoms with van der Waals surface area (Å²) < 4.78 is 0. The van der Waals surface area contributed by atoms with E-state index in [1.54, 1.807) is 0 Å². The van der Waals surface area contributed by atoms with Gasteiger partial charge in [-0.15, -0.1) is 0 Å². The van der Waals surface area contributed by atoms with E-state index in [-0.39, 0.29) is 0 Å². The molecule has 0 aliphatic heterocycles. The first-order valence-corrected chi connectivity index (χ1v) is 6.76. The van der Waals surface area contributed by atoms with E-state index in [0.29, 0.717) is 0 Å². The van der Waals surface area contributed by atoms with Gasteiger partial charge < -0.3 is 5.32 Å². The number of hydrogen-bond donors (Lipinski definition) is 1. The number of benzene rings is 1. The van der Waals surface area contributed by atoms with Crippen LogP contribution in [0.3, 0.4) is 0 Å². The molecule has 3 heteroatoms. The van der Waals surface area contributed by atoms with Gasteiger partial charge in [-0.3, -0.25) is 0 Å². The molecule has 1 heterocycles. The van der Waals surface area contributed by atoms with Crippen LogP contribution in [0.25, 0.3) is 0 Å². The van der Waals surface area contributed by atoms with E-state index in [1.807, 2.05) is 12.3 Å². The van der Waals surface area contributed by atoms with Crippen LogP contribution >= 0.6 is 0 Å². The minimum atomic E-state index is 0.793. The highest BCUT2D eigenvalue weighted by atomic mass is 14.9. The van der Waals surface area contributed by atoms with E-state index >= 15 is 0 Å². The first-order valence-electron chi connectivity index (χ1n) is 6.76. The summed E-state index contributed by atoms with van der Waals surface area (Å²) in [7, 11) is 0. The predicted octanol–water partition coefficient (Wildman–Crippen LogP) is 2.79. The second-order valence-electron chi connectivity index (χ2n) is 4.84. The molecule has 3 nitrogen and oxygen atoms in total. The van der Waals surface area contributed by atoms with Crippen LogP contribution < -0.4 is 5.32 Å². The normalized spacial score (nSPS) is 10.7. The molecule has 19 heavy (non-hydrogen) atoms. The quantitative estimate of drug-likeness (QED) is 0.892. The minimum Gasteiger partial charge on any atom is -0.311 e. The van der Waals surface area contributed by atoms with E-state index in [9.17, 15) is 0 Å². The van der Waals surface area contributed by atoms with Gasteiger partial charge in [0.25, 0.3) is 0 Å². The molecule has 2 aromatic rings. The van der Waals surface area contributed by atoms with Crippen molar-refractivity contribution >= 4 is 0 Å². The molecule has 0 bridgehead atoms. The molecule has 1 N–H and O–H groups in total. The first-order chi connectivity index (χ1) is 9.19. The van der Waals surface area contributed by atoms with Gasteiger partial charge in [0.2, 0.25) is 0 Å². The maximum Gasteiger partial charge on any atom is 0.132 e. The van der Waals surface area contributed by atoms with Gasteiger partial charge in [-0.05, 0) is 43.1 Å². The first kappa shape index (κ1) is 13.7. The molecule has 100 valence electrons. The lowest BCUT2D eigenvalue weighted by atomic mass is 10.0. The van der Waals surface area contributed by atoms with E-state index < -0.39 is 0 Å². The lowest BCUT2D eigenvalue weighted by molar-refractivity contribution is 0.702. The van der Waals surface area contributed by atoms with Crippen molar-refractivity contribution in [1.82, 2.24) is 15.3 Å². The zero-order valence-corrected chi connectivity index (χ0v) is 11.9. The van der Waals surface area contributed by atoms with Gasteiger partial charge in [-0.2, -0.15) is 0 Å². The van der Waals surface area contributed by atoms with Gasteiger partial charge >= 0.3 is 0 Å².